The number of benzene rings is 1. The Kier molecular flexibility index (Phi) is 6.65. The highest BCUT2D eigenvalue weighted by molar-refractivity contribution is 7.92. The van der Waals surface area contributed by atoms with Crippen LogP contribution in [0, 0.1) is 13.8 Å². The SMILES string of the molecule is Cc1ccccc1N(CC(=O)Nc1cnc(N2CCCCC2C)c(C)c1)S(C)(=O)=O. The van der Waals surface area contributed by atoms with Gasteiger partial charge in [-0.2, -0.15) is 0 Å². The van der Waals surface area contributed by atoms with Crippen LogP contribution < -0.4 is 14.5 Å². The van der Waals surface area contributed by atoms with E-state index in [1.165, 1.54) is 6.42 Å². The van der Waals surface area contributed by atoms with Crippen LogP contribution in [-0.4, -0.2) is 44.7 Å². The van der Waals surface area contributed by atoms with Gasteiger partial charge in [-0.3, -0.25) is 9.10 Å². The molecule has 1 amide bonds. The molecule has 0 aliphatic carbocycles. The molecule has 1 aliphatic rings. The fourth-order valence-corrected chi connectivity index (χ4v) is 4.82. The van der Waals surface area contributed by atoms with Crippen LogP contribution in [0.4, 0.5) is 17.2 Å². The number of nitrogens with one attached hydrogen (secondary N) is 1. The molecule has 3 rings (SSSR count). The van der Waals surface area contributed by atoms with Crippen LogP contribution in [0.2, 0.25) is 0 Å². The topological polar surface area (TPSA) is 82.6 Å². The minimum Gasteiger partial charge on any atom is -0.354 e. The van der Waals surface area contributed by atoms with Gasteiger partial charge in [0.2, 0.25) is 15.9 Å². The predicted octanol–water partition coefficient (Wildman–Crippen LogP) is 3.48. The van der Waals surface area contributed by atoms with Crippen molar-refractivity contribution in [2.24, 2.45) is 0 Å². The molecule has 0 spiro atoms. The third kappa shape index (κ3) is 5.11. The van der Waals surface area contributed by atoms with E-state index in [9.17, 15) is 13.2 Å². The summed E-state index contributed by atoms with van der Waals surface area (Å²) >= 11 is 0. The van der Waals surface area contributed by atoms with Gasteiger partial charge in [-0.1, -0.05) is 18.2 Å². The first-order chi connectivity index (χ1) is 14.2. The monoisotopic (exact) mass is 430 g/mol. The molecule has 0 radical (unpaired) electrons. The number of aromatic nitrogens is 1. The van der Waals surface area contributed by atoms with E-state index in [1.807, 2.05) is 32.0 Å². The molecule has 162 valence electrons. The molecular weight excluding hydrogens is 400 g/mol. The van der Waals surface area contributed by atoms with Crippen molar-refractivity contribution in [1.82, 2.24) is 4.98 Å². The van der Waals surface area contributed by atoms with E-state index in [2.05, 4.69) is 22.1 Å². The number of sulfonamides is 1. The van der Waals surface area contributed by atoms with Crippen LogP contribution in [0.1, 0.15) is 37.3 Å². The lowest BCUT2D eigenvalue weighted by Gasteiger charge is -2.35. The van der Waals surface area contributed by atoms with E-state index in [0.717, 1.165) is 46.9 Å². The number of aryl methyl sites for hydroxylation is 2. The Bertz CT molecular complexity index is 1020. The second-order valence-corrected chi connectivity index (χ2v) is 9.91. The van der Waals surface area contributed by atoms with Crippen LogP contribution in [0.5, 0.6) is 0 Å². The molecule has 1 fully saturated rings. The van der Waals surface area contributed by atoms with Gasteiger partial charge < -0.3 is 10.2 Å². The zero-order valence-electron chi connectivity index (χ0n) is 18.1. The first-order valence-corrected chi connectivity index (χ1v) is 12.1. The zero-order chi connectivity index (χ0) is 21.9. The van der Waals surface area contributed by atoms with E-state index in [-0.39, 0.29) is 6.54 Å². The predicted molar refractivity (Wildman–Crippen MR) is 122 cm³/mol. The molecule has 2 aromatic rings. The summed E-state index contributed by atoms with van der Waals surface area (Å²) < 4.78 is 25.7. The number of pyridine rings is 1. The van der Waals surface area contributed by atoms with Gasteiger partial charge in [0, 0.05) is 12.6 Å². The molecule has 7 nitrogen and oxygen atoms in total. The van der Waals surface area contributed by atoms with Gasteiger partial charge >= 0.3 is 0 Å². The quantitative estimate of drug-likeness (QED) is 0.759. The van der Waals surface area contributed by atoms with Gasteiger partial charge in [0.1, 0.15) is 12.4 Å². The number of piperidine rings is 1. The zero-order valence-corrected chi connectivity index (χ0v) is 18.9. The summed E-state index contributed by atoms with van der Waals surface area (Å²) in [6.07, 6.45) is 6.29. The molecule has 0 saturated carbocycles. The molecule has 1 aromatic carbocycles. The highest BCUT2D eigenvalue weighted by Gasteiger charge is 2.23. The lowest BCUT2D eigenvalue weighted by atomic mass is 10.0. The van der Waals surface area contributed by atoms with Gasteiger partial charge in [0.15, 0.2) is 0 Å². The molecule has 1 aromatic heterocycles. The minimum absolute atomic E-state index is 0.298. The summed E-state index contributed by atoms with van der Waals surface area (Å²) in [7, 11) is -3.61. The normalized spacial score (nSPS) is 16.9. The van der Waals surface area contributed by atoms with E-state index in [1.54, 1.807) is 18.3 Å². The van der Waals surface area contributed by atoms with Crippen molar-refractivity contribution in [2.75, 3.05) is 33.9 Å². The fraction of sp³-hybridized carbons (Fsp3) is 0.455. The minimum atomic E-state index is -3.61. The number of carbonyl (C=O) groups excluding carboxylic acids is 1. The van der Waals surface area contributed by atoms with Crippen molar-refractivity contribution in [1.29, 1.82) is 0 Å². The van der Waals surface area contributed by atoms with Crippen molar-refractivity contribution in [2.45, 2.75) is 46.1 Å². The average Bonchev–Trinajstić information content (AvgIpc) is 2.67. The van der Waals surface area contributed by atoms with Crippen LogP contribution in [0.15, 0.2) is 36.5 Å². The second kappa shape index (κ2) is 9.04. The molecule has 2 heterocycles. The summed E-state index contributed by atoms with van der Waals surface area (Å²) in [5, 5.41) is 2.79. The number of rotatable bonds is 6. The smallest absolute Gasteiger partial charge is 0.245 e. The number of nitrogens with zero attached hydrogens (tertiary/aromatic N) is 3. The van der Waals surface area contributed by atoms with Crippen molar-refractivity contribution in [3.63, 3.8) is 0 Å². The molecule has 1 N–H and O–H groups in total. The van der Waals surface area contributed by atoms with Crippen LogP contribution in [0.3, 0.4) is 0 Å². The first kappa shape index (κ1) is 22.1. The maximum atomic E-state index is 12.6. The summed E-state index contributed by atoms with van der Waals surface area (Å²) in [5.74, 6) is 0.529. The largest absolute Gasteiger partial charge is 0.354 e. The summed E-state index contributed by atoms with van der Waals surface area (Å²) in [6, 6.07) is 9.44. The Labute approximate surface area is 179 Å². The molecule has 1 unspecified atom stereocenters. The van der Waals surface area contributed by atoms with Gasteiger partial charge in [0.05, 0.1) is 23.8 Å². The third-order valence-corrected chi connectivity index (χ3v) is 6.61. The van der Waals surface area contributed by atoms with E-state index >= 15 is 0 Å². The van der Waals surface area contributed by atoms with E-state index in [4.69, 9.17) is 0 Å². The maximum Gasteiger partial charge on any atom is 0.245 e. The first-order valence-electron chi connectivity index (χ1n) is 10.2. The summed E-state index contributed by atoms with van der Waals surface area (Å²) in [5.41, 5.74) is 2.83. The van der Waals surface area contributed by atoms with Crippen molar-refractivity contribution in [3.8, 4) is 0 Å². The van der Waals surface area contributed by atoms with Gasteiger partial charge in [-0.05, 0) is 63.3 Å². The highest BCUT2D eigenvalue weighted by atomic mass is 32.2. The molecule has 0 bridgehead atoms. The Balaban J connectivity index is 1.75. The lowest BCUT2D eigenvalue weighted by molar-refractivity contribution is -0.114. The van der Waals surface area contributed by atoms with Gasteiger partial charge in [-0.15, -0.1) is 0 Å². The van der Waals surface area contributed by atoms with E-state index < -0.39 is 15.9 Å². The summed E-state index contributed by atoms with van der Waals surface area (Å²) in [6.45, 7) is 6.70. The van der Waals surface area contributed by atoms with E-state index in [0.29, 0.717) is 17.4 Å². The van der Waals surface area contributed by atoms with Crippen LogP contribution >= 0.6 is 0 Å². The molecule has 1 atom stereocenters. The number of carbonyl (C=O) groups is 1. The average molecular weight is 431 g/mol. The standard InChI is InChI=1S/C22H30N4O3S/c1-16-9-5-6-11-20(16)26(30(4,28)29)15-21(27)24-19-13-17(2)22(23-14-19)25-12-8-7-10-18(25)3/h5-6,9,11,13-14,18H,7-8,10,12,15H2,1-4H3,(H,24,27). The number of para-hydroxylation sites is 1. The Morgan fingerprint density at radius 1 is 1.23 bits per heavy atom. The Morgan fingerprint density at radius 2 is 1.97 bits per heavy atom. The summed E-state index contributed by atoms with van der Waals surface area (Å²) in [4.78, 5) is 19.5. The molecule has 1 aliphatic heterocycles. The van der Waals surface area contributed by atoms with Crippen LogP contribution in [0.25, 0.3) is 0 Å². The van der Waals surface area contributed by atoms with Crippen molar-refractivity contribution in [3.05, 3.63) is 47.7 Å². The molecule has 1 saturated heterocycles. The number of amides is 1. The highest BCUT2D eigenvalue weighted by Crippen LogP contribution is 2.27. The van der Waals surface area contributed by atoms with Crippen LogP contribution in [-0.2, 0) is 14.8 Å². The van der Waals surface area contributed by atoms with Gasteiger partial charge in [-0.25, -0.2) is 13.4 Å². The second-order valence-electron chi connectivity index (χ2n) is 8.01. The fourth-order valence-electron chi connectivity index (χ4n) is 3.90. The van der Waals surface area contributed by atoms with Crippen molar-refractivity contribution >= 4 is 33.1 Å². The third-order valence-electron chi connectivity index (χ3n) is 5.48. The maximum absolute atomic E-state index is 12.6. The lowest BCUT2D eigenvalue weighted by Crippen LogP contribution is -2.38. The molecule has 8 heteroatoms. The number of hydrogen-bond acceptors (Lipinski definition) is 5. The van der Waals surface area contributed by atoms with Gasteiger partial charge in [0.25, 0.3) is 0 Å². The molecule has 30 heavy (non-hydrogen) atoms. The Morgan fingerprint density at radius 3 is 2.60 bits per heavy atom. The van der Waals surface area contributed by atoms with Crippen molar-refractivity contribution < 1.29 is 13.2 Å². The Hall–Kier alpha value is -2.61. The number of anilines is 3. The molecular formula is C22H30N4O3S. The number of hydrogen-bond donors (Lipinski definition) is 1.